The van der Waals surface area contributed by atoms with E-state index < -0.39 is 12.3 Å². The van der Waals surface area contributed by atoms with E-state index in [1.807, 2.05) is 26.0 Å². The summed E-state index contributed by atoms with van der Waals surface area (Å²) in [5.74, 6) is -0.119. The summed E-state index contributed by atoms with van der Waals surface area (Å²) in [6.07, 6.45) is -0.112. The Balaban J connectivity index is 2.39. The van der Waals surface area contributed by atoms with Crippen LogP contribution in [0.2, 0.25) is 0 Å². The van der Waals surface area contributed by atoms with Gasteiger partial charge in [-0.2, -0.15) is 0 Å². The molecule has 0 amide bonds. The van der Waals surface area contributed by atoms with E-state index in [4.69, 9.17) is 14.2 Å². The van der Waals surface area contributed by atoms with Crippen molar-refractivity contribution in [1.29, 1.82) is 0 Å². The lowest BCUT2D eigenvalue weighted by Gasteiger charge is -2.18. The Labute approximate surface area is 144 Å². The van der Waals surface area contributed by atoms with Gasteiger partial charge in [-0.05, 0) is 43.9 Å². The normalized spacial score (nSPS) is 13.2. The van der Waals surface area contributed by atoms with E-state index in [0.29, 0.717) is 18.6 Å². The highest BCUT2D eigenvalue weighted by Crippen LogP contribution is 2.12. The van der Waals surface area contributed by atoms with E-state index in [9.17, 15) is 9.59 Å². The number of ether oxygens (including phenoxy) is 3. The summed E-state index contributed by atoms with van der Waals surface area (Å²) in [7, 11) is 0. The minimum absolute atomic E-state index is 0.256. The standard InChI is InChI=1S/C19H28O5/c1-6-16-7-9-17(10-8-16)18(20)23-14(4)11-15(5)24-19(21)22-12-13(2)3/h7-10,13-15H,6,11-12H2,1-5H3. The van der Waals surface area contributed by atoms with Crippen LogP contribution >= 0.6 is 0 Å². The molecule has 0 aliphatic carbocycles. The first-order chi connectivity index (χ1) is 11.3. The minimum Gasteiger partial charge on any atom is -0.459 e. The number of carbonyl (C=O) groups excluding carboxylic acids is 2. The second kappa shape index (κ2) is 9.96. The smallest absolute Gasteiger partial charge is 0.459 e. The van der Waals surface area contributed by atoms with Crippen molar-refractivity contribution >= 4 is 12.1 Å². The SMILES string of the molecule is CCc1ccc(C(=O)OC(C)CC(C)OC(=O)OCC(C)C)cc1. The van der Waals surface area contributed by atoms with Crippen molar-refractivity contribution in [2.24, 2.45) is 5.92 Å². The molecule has 0 spiro atoms. The Morgan fingerprint density at radius 1 is 0.958 bits per heavy atom. The maximum atomic E-state index is 12.1. The van der Waals surface area contributed by atoms with Crippen molar-refractivity contribution in [2.75, 3.05) is 6.61 Å². The average Bonchev–Trinajstić information content (AvgIpc) is 2.52. The van der Waals surface area contributed by atoms with Gasteiger partial charge < -0.3 is 14.2 Å². The van der Waals surface area contributed by atoms with Crippen LogP contribution in [0.15, 0.2) is 24.3 Å². The van der Waals surface area contributed by atoms with Gasteiger partial charge in [-0.25, -0.2) is 9.59 Å². The van der Waals surface area contributed by atoms with E-state index in [-0.39, 0.29) is 18.0 Å². The lowest BCUT2D eigenvalue weighted by molar-refractivity contribution is -0.00240. The monoisotopic (exact) mass is 336 g/mol. The summed E-state index contributed by atoms with van der Waals surface area (Å²) >= 11 is 0. The molecular weight excluding hydrogens is 308 g/mol. The van der Waals surface area contributed by atoms with Gasteiger partial charge in [0, 0.05) is 6.42 Å². The van der Waals surface area contributed by atoms with Crippen molar-refractivity contribution in [3.8, 4) is 0 Å². The first kappa shape index (κ1) is 20.0. The summed E-state index contributed by atoms with van der Waals surface area (Å²) in [5, 5.41) is 0. The molecular formula is C19H28O5. The Kier molecular flexibility index (Phi) is 8.30. The summed E-state index contributed by atoms with van der Waals surface area (Å²) in [6.45, 7) is 9.80. The molecule has 0 aromatic heterocycles. The van der Waals surface area contributed by atoms with Gasteiger partial charge in [0.15, 0.2) is 0 Å². The first-order valence-corrected chi connectivity index (χ1v) is 8.45. The molecule has 2 unspecified atom stereocenters. The van der Waals surface area contributed by atoms with Crippen LogP contribution in [0.25, 0.3) is 0 Å². The topological polar surface area (TPSA) is 61.8 Å². The van der Waals surface area contributed by atoms with Crippen molar-refractivity contribution in [3.05, 3.63) is 35.4 Å². The van der Waals surface area contributed by atoms with Crippen LogP contribution in [0.3, 0.4) is 0 Å². The largest absolute Gasteiger partial charge is 0.508 e. The van der Waals surface area contributed by atoms with Crippen molar-refractivity contribution < 1.29 is 23.8 Å². The van der Waals surface area contributed by atoms with Crippen molar-refractivity contribution in [3.63, 3.8) is 0 Å². The van der Waals surface area contributed by atoms with Gasteiger partial charge in [-0.15, -0.1) is 0 Å². The van der Waals surface area contributed by atoms with E-state index in [2.05, 4.69) is 6.92 Å². The summed E-state index contributed by atoms with van der Waals surface area (Å²) in [4.78, 5) is 23.6. The average molecular weight is 336 g/mol. The van der Waals surface area contributed by atoms with Crippen LogP contribution in [0.4, 0.5) is 4.79 Å². The number of benzene rings is 1. The highest BCUT2D eigenvalue weighted by Gasteiger charge is 2.18. The Hall–Kier alpha value is -2.04. The number of hydrogen-bond donors (Lipinski definition) is 0. The van der Waals surface area contributed by atoms with Gasteiger partial charge in [-0.3, -0.25) is 0 Å². The van der Waals surface area contributed by atoms with E-state index >= 15 is 0 Å². The van der Waals surface area contributed by atoms with Crippen molar-refractivity contribution in [2.45, 2.75) is 59.7 Å². The third kappa shape index (κ3) is 7.49. The predicted molar refractivity (Wildman–Crippen MR) is 92.0 cm³/mol. The molecule has 0 N–H and O–H groups in total. The maximum Gasteiger partial charge on any atom is 0.508 e. The molecule has 1 rings (SSSR count). The zero-order valence-electron chi connectivity index (χ0n) is 15.2. The van der Waals surface area contributed by atoms with E-state index in [0.717, 1.165) is 6.42 Å². The van der Waals surface area contributed by atoms with Crippen LogP contribution < -0.4 is 0 Å². The lowest BCUT2D eigenvalue weighted by Crippen LogP contribution is -2.24. The summed E-state index contributed by atoms with van der Waals surface area (Å²) in [6, 6.07) is 7.35. The van der Waals surface area contributed by atoms with Crippen LogP contribution in [0.1, 0.15) is 57.0 Å². The molecule has 2 atom stereocenters. The summed E-state index contributed by atoms with van der Waals surface area (Å²) in [5.41, 5.74) is 1.69. The fourth-order valence-corrected chi connectivity index (χ4v) is 2.12. The summed E-state index contributed by atoms with van der Waals surface area (Å²) < 4.78 is 15.5. The molecule has 0 bridgehead atoms. The lowest BCUT2D eigenvalue weighted by atomic mass is 10.1. The van der Waals surface area contributed by atoms with Gasteiger partial charge in [0.05, 0.1) is 12.2 Å². The molecule has 0 radical (unpaired) electrons. The van der Waals surface area contributed by atoms with E-state index in [1.165, 1.54) is 5.56 Å². The molecule has 0 aliphatic rings. The first-order valence-electron chi connectivity index (χ1n) is 8.45. The van der Waals surface area contributed by atoms with Crippen molar-refractivity contribution in [1.82, 2.24) is 0 Å². The third-order valence-corrected chi connectivity index (χ3v) is 3.40. The van der Waals surface area contributed by atoms with Crippen LogP contribution in [-0.2, 0) is 20.6 Å². The minimum atomic E-state index is -0.690. The second-order valence-electron chi connectivity index (χ2n) is 6.39. The molecule has 134 valence electrons. The maximum absolute atomic E-state index is 12.1. The number of carbonyl (C=O) groups is 2. The van der Waals surface area contributed by atoms with Gasteiger partial charge in [-0.1, -0.05) is 32.9 Å². The third-order valence-electron chi connectivity index (χ3n) is 3.40. The molecule has 0 saturated heterocycles. The Morgan fingerprint density at radius 2 is 1.54 bits per heavy atom. The highest BCUT2D eigenvalue weighted by molar-refractivity contribution is 5.89. The fourth-order valence-electron chi connectivity index (χ4n) is 2.12. The quantitative estimate of drug-likeness (QED) is 0.659. The molecule has 0 aliphatic heterocycles. The zero-order chi connectivity index (χ0) is 18.1. The molecule has 5 nitrogen and oxygen atoms in total. The van der Waals surface area contributed by atoms with E-state index in [1.54, 1.807) is 26.0 Å². The Bertz CT molecular complexity index is 521. The number of aryl methyl sites for hydroxylation is 1. The molecule has 1 aromatic carbocycles. The molecule has 5 heteroatoms. The molecule has 1 aromatic rings. The molecule has 0 saturated carbocycles. The zero-order valence-corrected chi connectivity index (χ0v) is 15.2. The number of rotatable bonds is 8. The second-order valence-corrected chi connectivity index (χ2v) is 6.39. The fraction of sp³-hybridized carbons (Fsp3) is 0.579. The van der Waals surface area contributed by atoms with Gasteiger partial charge >= 0.3 is 12.1 Å². The van der Waals surface area contributed by atoms with Crippen LogP contribution in [0, 0.1) is 5.92 Å². The van der Waals surface area contributed by atoms with Crippen LogP contribution in [-0.4, -0.2) is 30.9 Å². The number of esters is 1. The van der Waals surface area contributed by atoms with Crippen LogP contribution in [0.5, 0.6) is 0 Å². The highest BCUT2D eigenvalue weighted by atomic mass is 16.7. The predicted octanol–water partition coefficient (Wildman–Crippen LogP) is 4.38. The van der Waals surface area contributed by atoms with Gasteiger partial charge in [0.25, 0.3) is 0 Å². The Morgan fingerprint density at radius 3 is 2.08 bits per heavy atom. The number of hydrogen-bond acceptors (Lipinski definition) is 5. The van der Waals surface area contributed by atoms with Gasteiger partial charge in [0.1, 0.15) is 12.2 Å². The molecule has 0 heterocycles. The molecule has 0 fully saturated rings. The van der Waals surface area contributed by atoms with Gasteiger partial charge in [0.2, 0.25) is 0 Å². The molecule has 24 heavy (non-hydrogen) atoms.